The van der Waals surface area contributed by atoms with Crippen molar-refractivity contribution in [2.75, 3.05) is 13.2 Å². The maximum atomic E-state index is 13.8. The molecule has 5 rings (SSSR count). The molecule has 0 spiro atoms. The van der Waals surface area contributed by atoms with Crippen LogP contribution in [0, 0.1) is 6.92 Å². The third kappa shape index (κ3) is 5.67. The standard InChI is InChI=1S/C29H27Cl2N3O3/c1-20-24(19-33(18-22-12-9-17-36-22)28(35)23-13-5-6-14-25(23)30)29(37-27-16-8-7-15-26(27)31)34(32-20)21-10-3-2-4-11-21/h2-8,10-11,13-16,22H,9,12,17-19H2,1H3/t22-/m0/s1. The summed E-state index contributed by atoms with van der Waals surface area (Å²) in [6.45, 7) is 3.32. The van der Waals surface area contributed by atoms with E-state index >= 15 is 0 Å². The second-order valence-corrected chi connectivity index (χ2v) is 9.76. The Balaban J connectivity index is 1.57. The van der Waals surface area contributed by atoms with E-state index in [1.807, 2.05) is 67.6 Å². The fourth-order valence-electron chi connectivity index (χ4n) is 4.45. The number of nitrogens with zero attached hydrogens (tertiary/aromatic N) is 3. The molecule has 0 bridgehead atoms. The molecule has 1 fully saturated rings. The number of ether oxygens (including phenoxy) is 2. The van der Waals surface area contributed by atoms with Crippen molar-refractivity contribution < 1.29 is 14.3 Å². The summed E-state index contributed by atoms with van der Waals surface area (Å²) in [4.78, 5) is 15.5. The van der Waals surface area contributed by atoms with Crippen LogP contribution < -0.4 is 4.74 Å². The molecule has 6 nitrogen and oxygen atoms in total. The van der Waals surface area contributed by atoms with Gasteiger partial charge in [0, 0.05) is 13.2 Å². The Kier molecular flexibility index (Phi) is 7.79. The molecule has 0 unspecified atom stereocenters. The average molecular weight is 536 g/mol. The van der Waals surface area contributed by atoms with Crippen molar-refractivity contribution in [3.63, 3.8) is 0 Å². The van der Waals surface area contributed by atoms with E-state index in [1.165, 1.54) is 0 Å². The second kappa shape index (κ2) is 11.4. The van der Waals surface area contributed by atoms with E-state index in [0.29, 0.717) is 40.4 Å². The van der Waals surface area contributed by atoms with Gasteiger partial charge >= 0.3 is 0 Å². The van der Waals surface area contributed by atoms with Crippen LogP contribution in [0.3, 0.4) is 0 Å². The topological polar surface area (TPSA) is 56.6 Å². The van der Waals surface area contributed by atoms with Crippen LogP contribution >= 0.6 is 23.2 Å². The van der Waals surface area contributed by atoms with Gasteiger partial charge < -0.3 is 14.4 Å². The molecule has 1 aliphatic heterocycles. The van der Waals surface area contributed by atoms with E-state index in [9.17, 15) is 4.79 Å². The van der Waals surface area contributed by atoms with Crippen LogP contribution in [0.2, 0.25) is 10.0 Å². The Labute approximate surface area is 226 Å². The highest BCUT2D eigenvalue weighted by molar-refractivity contribution is 6.33. The molecule has 1 aliphatic rings. The summed E-state index contributed by atoms with van der Waals surface area (Å²) >= 11 is 12.9. The molecule has 190 valence electrons. The van der Waals surface area contributed by atoms with Gasteiger partial charge in [-0.2, -0.15) is 5.10 Å². The fraction of sp³-hybridized carbons (Fsp3) is 0.241. The van der Waals surface area contributed by atoms with Crippen LogP contribution in [0.1, 0.15) is 34.5 Å². The first-order valence-electron chi connectivity index (χ1n) is 12.2. The number of aryl methyl sites for hydroxylation is 1. The third-order valence-corrected chi connectivity index (χ3v) is 7.01. The Morgan fingerprint density at radius 3 is 2.43 bits per heavy atom. The van der Waals surface area contributed by atoms with Gasteiger partial charge in [0.05, 0.1) is 45.2 Å². The number of benzene rings is 3. The number of halogens is 2. The highest BCUT2D eigenvalue weighted by atomic mass is 35.5. The zero-order valence-electron chi connectivity index (χ0n) is 20.4. The quantitative estimate of drug-likeness (QED) is 0.241. The summed E-state index contributed by atoms with van der Waals surface area (Å²) in [5.41, 5.74) is 2.81. The molecule has 2 heterocycles. The van der Waals surface area contributed by atoms with Gasteiger partial charge in [-0.15, -0.1) is 0 Å². The van der Waals surface area contributed by atoms with Crippen LogP contribution in [-0.2, 0) is 11.3 Å². The van der Waals surface area contributed by atoms with Gasteiger partial charge in [-0.05, 0) is 56.2 Å². The van der Waals surface area contributed by atoms with Crippen molar-refractivity contribution in [1.29, 1.82) is 0 Å². The molecule has 1 amide bonds. The van der Waals surface area contributed by atoms with Crippen molar-refractivity contribution in [3.8, 4) is 17.3 Å². The minimum Gasteiger partial charge on any atom is -0.437 e. The number of rotatable bonds is 8. The predicted octanol–water partition coefficient (Wildman–Crippen LogP) is 7.10. The highest BCUT2D eigenvalue weighted by Gasteiger charge is 2.28. The van der Waals surface area contributed by atoms with E-state index in [0.717, 1.165) is 29.8 Å². The van der Waals surface area contributed by atoms with Crippen LogP contribution in [0.4, 0.5) is 0 Å². The zero-order valence-corrected chi connectivity index (χ0v) is 22.0. The van der Waals surface area contributed by atoms with Gasteiger partial charge in [-0.25, -0.2) is 4.68 Å². The molecule has 0 N–H and O–H groups in total. The number of carbonyl (C=O) groups excluding carboxylic acids is 1. The maximum absolute atomic E-state index is 13.8. The Morgan fingerprint density at radius 1 is 1.03 bits per heavy atom. The molecule has 4 aromatic rings. The van der Waals surface area contributed by atoms with E-state index in [2.05, 4.69) is 0 Å². The molecule has 8 heteroatoms. The summed E-state index contributed by atoms with van der Waals surface area (Å²) < 4.78 is 14.0. The molecule has 0 aliphatic carbocycles. The molecular formula is C29H27Cl2N3O3. The van der Waals surface area contributed by atoms with Gasteiger partial charge in [0.25, 0.3) is 5.91 Å². The maximum Gasteiger partial charge on any atom is 0.255 e. The van der Waals surface area contributed by atoms with Crippen LogP contribution in [0.15, 0.2) is 78.9 Å². The largest absolute Gasteiger partial charge is 0.437 e. The van der Waals surface area contributed by atoms with Crippen LogP contribution in [0.25, 0.3) is 5.69 Å². The number of aromatic nitrogens is 2. The predicted molar refractivity (Wildman–Crippen MR) is 145 cm³/mol. The van der Waals surface area contributed by atoms with Crippen molar-refractivity contribution >= 4 is 29.1 Å². The van der Waals surface area contributed by atoms with E-state index < -0.39 is 0 Å². The summed E-state index contributed by atoms with van der Waals surface area (Å²) in [5.74, 6) is 0.836. The Morgan fingerprint density at radius 2 is 1.73 bits per heavy atom. The monoisotopic (exact) mass is 535 g/mol. The van der Waals surface area contributed by atoms with Crippen molar-refractivity contribution in [1.82, 2.24) is 14.7 Å². The highest BCUT2D eigenvalue weighted by Crippen LogP contribution is 2.35. The van der Waals surface area contributed by atoms with E-state index in [4.69, 9.17) is 37.8 Å². The summed E-state index contributed by atoms with van der Waals surface area (Å²) in [6, 6.07) is 24.1. The van der Waals surface area contributed by atoms with Crippen molar-refractivity contribution in [2.24, 2.45) is 0 Å². The van der Waals surface area contributed by atoms with Gasteiger partial charge in [0.15, 0.2) is 0 Å². The Hall–Kier alpha value is -3.32. The van der Waals surface area contributed by atoms with E-state index in [-0.39, 0.29) is 18.6 Å². The number of para-hydroxylation sites is 2. The smallest absolute Gasteiger partial charge is 0.255 e. The molecule has 3 aromatic carbocycles. The SMILES string of the molecule is Cc1nn(-c2ccccc2)c(Oc2ccccc2Cl)c1CN(C[C@@H]1CCCO1)C(=O)c1ccccc1Cl. The lowest BCUT2D eigenvalue weighted by Crippen LogP contribution is -2.37. The number of amides is 1. The first-order valence-corrected chi connectivity index (χ1v) is 13.0. The first-order chi connectivity index (χ1) is 18.0. The van der Waals surface area contributed by atoms with Gasteiger partial charge in [-0.1, -0.05) is 65.7 Å². The minimum atomic E-state index is -0.170. The number of carbonyl (C=O) groups is 1. The summed E-state index contributed by atoms with van der Waals surface area (Å²) in [6.07, 6.45) is 1.84. The summed E-state index contributed by atoms with van der Waals surface area (Å²) in [7, 11) is 0. The molecule has 37 heavy (non-hydrogen) atoms. The third-order valence-electron chi connectivity index (χ3n) is 6.37. The van der Waals surface area contributed by atoms with Gasteiger partial charge in [-0.3, -0.25) is 4.79 Å². The number of hydrogen-bond donors (Lipinski definition) is 0. The molecule has 0 saturated carbocycles. The van der Waals surface area contributed by atoms with Crippen LogP contribution in [0.5, 0.6) is 11.6 Å². The lowest BCUT2D eigenvalue weighted by atomic mass is 10.1. The zero-order chi connectivity index (χ0) is 25.8. The van der Waals surface area contributed by atoms with Gasteiger partial charge in [0.1, 0.15) is 5.75 Å². The first kappa shape index (κ1) is 25.3. The van der Waals surface area contributed by atoms with Crippen molar-refractivity contribution in [3.05, 3.63) is 106 Å². The average Bonchev–Trinajstić information content (AvgIpc) is 3.53. The molecule has 1 atom stereocenters. The lowest BCUT2D eigenvalue weighted by Gasteiger charge is -2.26. The molecule has 1 saturated heterocycles. The van der Waals surface area contributed by atoms with E-state index in [1.54, 1.807) is 27.8 Å². The van der Waals surface area contributed by atoms with Crippen LogP contribution in [-0.4, -0.2) is 39.8 Å². The minimum absolute atomic E-state index is 0.0381. The fourth-order valence-corrected chi connectivity index (χ4v) is 4.84. The lowest BCUT2D eigenvalue weighted by molar-refractivity contribution is 0.0505. The molecule has 0 radical (unpaired) electrons. The molecule has 1 aromatic heterocycles. The van der Waals surface area contributed by atoms with Crippen molar-refractivity contribution in [2.45, 2.75) is 32.4 Å². The summed E-state index contributed by atoms with van der Waals surface area (Å²) in [5, 5.41) is 5.69. The normalized spacial score (nSPS) is 15.1. The number of hydrogen-bond acceptors (Lipinski definition) is 4. The Bertz CT molecular complexity index is 1380. The molecular weight excluding hydrogens is 509 g/mol. The second-order valence-electron chi connectivity index (χ2n) is 8.95. The van der Waals surface area contributed by atoms with Gasteiger partial charge in [0.2, 0.25) is 5.88 Å².